The summed E-state index contributed by atoms with van der Waals surface area (Å²) in [6.07, 6.45) is 0. The second kappa shape index (κ2) is 11.1. The fraction of sp³-hybridized carbons (Fsp3) is 0. The van der Waals surface area contributed by atoms with Crippen LogP contribution >= 0.6 is 0 Å². The van der Waals surface area contributed by atoms with E-state index in [1.807, 2.05) is 30.3 Å². The van der Waals surface area contributed by atoms with E-state index >= 15 is 0 Å². The lowest BCUT2D eigenvalue weighted by Crippen LogP contribution is -1.99. The van der Waals surface area contributed by atoms with Crippen LogP contribution in [0, 0.1) is 0 Å². The van der Waals surface area contributed by atoms with Gasteiger partial charge in [0.05, 0.1) is 27.5 Å². The fourth-order valence-corrected chi connectivity index (χ4v) is 8.52. The Kier molecular flexibility index (Phi) is 5.99. The summed E-state index contributed by atoms with van der Waals surface area (Å²) in [7, 11) is 0. The Morgan fingerprint density at radius 2 is 1.04 bits per heavy atom. The molecule has 0 fully saturated rings. The van der Waals surface area contributed by atoms with Crippen molar-refractivity contribution in [2.45, 2.75) is 0 Å². The number of aromatic nitrogens is 3. The Labute approximate surface area is 308 Å². The number of hydrogen-bond donors (Lipinski definition) is 0. The maximum Gasteiger partial charge on any atom is 0.147 e. The minimum atomic E-state index is 0.826. The Hall–Kier alpha value is -7.37. The minimum absolute atomic E-state index is 0.826. The molecule has 8 aromatic carbocycles. The van der Waals surface area contributed by atoms with E-state index in [1.54, 1.807) is 0 Å². The minimum Gasteiger partial charge on any atom is -0.455 e. The van der Waals surface area contributed by atoms with Crippen LogP contribution in [0.2, 0.25) is 0 Å². The molecule has 0 atom stereocenters. The predicted molar refractivity (Wildman–Crippen MR) is 221 cm³/mol. The summed E-state index contributed by atoms with van der Waals surface area (Å²) in [5.41, 5.74) is 13.0. The molecule has 0 aliphatic rings. The molecule has 0 aliphatic carbocycles. The molecule has 0 aliphatic heterocycles. The summed E-state index contributed by atoms with van der Waals surface area (Å²) in [6, 6.07) is 61.8. The van der Waals surface area contributed by atoms with Crippen molar-refractivity contribution in [1.29, 1.82) is 0 Å². The van der Waals surface area contributed by atoms with E-state index in [1.165, 1.54) is 10.8 Å². The van der Waals surface area contributed by atoms with Crippen LogP contribution < -0.4 is 0 Å². The summed E-state index contributed by atoms with van der Waals surface area (Å²) in [5.74, 6) is 0.915. The summed E-state index contributed by atoms with van der Waals surface area (Å²) in [5, 5.41) is 6.58. The summed E-state index contributed by atoms with van der Waals surface area (Å²) in [4.78, 5) is 5.13. The maximum atomic E-state index is 6.69. The van der Waals surface area contributed by atoms with Crippen LogP contribution in [0.5, 0.6) is 0 Å². The van der Waals surface area contributed by atoms with Gasteiger partial charge in [-0.15, -0.1) is 0 Å². The predicted octanol–water partition coefficient (Wildman–Crippen LogP) is 13.3. The van der Waals surface area contributed by atoms with Crippen molar-refractivity contribution >= 4 is 76.7 Å². The number of fused-ring (bicyclic) bond motifs is 11. The lowest BCUT2D eigenvalue weighted by Gasteiger charge is -2.12. The van der Waals surface area contributed by atoms with Gasteiger partial charge in [0, 0.05) is 49.4 Å². The van der Waals surface area contributed by atoms with Crippen LogP contribution in [0.3, 0.4) is 0 Å². The Morgan fingerprint density at radius 3 is 1.87 bits per heavy atom. The first kappa shape index (κ1) is 29.2. The van der Waals surface area contributed by atoms with Gasteiger partial charge >= 0.3 is 0 Å². The molecule has 0 radical (unpaired) electrons. The van der Waals surface area contributed by atoms with Crippen molar-refractivity contribution < 1.29 is 8.83 Å². The quantitative estimate of drug-likeness (QED) is 0.185. The molecule has 0 N–H and O–H groups in total. The van der Waals surface area contributed by atoms with Crippen molar-refractivity contribution in [2.75, 3.05) is 0 Å². The molecule has 5 heteroatoms. The molecule has 4 heterocycles. The third-order valence-corrected chi connectivity index (χ3v) is 10.9. The van der Waals surface area contributed by atoms with Crippen molar-refractivity contribution in [3.05, 3.63) is 176 Å². The van der Waals surface area contributed by atoms with Gasteiger partial charge < -0.3 is 13.4 Å². The van der Waals surface area contributed by atoms with Crippen LogP contribution in [-0.4, -0.2) is 14.1 Å². The molecule has 54 heavy (non-hydrogen) atoms. The first-order valence-corrected chi connectivity index (χ1v) is 18.2. The highest BCUT2D eigenvalue weighted by Crippen LogP contribution is 2.45. The lowest BCUT2D eigenvalue weighted by molar-refractivity contribution is 0.663. The van der Waals surface area contributed by atoms with Crippen LogP contribution in [0.15, 0.2) is 185 Å². The lowest BCUT2D eigenvalue weighted by atomic mass is 9.98. The number of nitrogens with zero attached hydrogens (tertiary/aromatic N) is 3. The third-order valence-electron chi connectivity index (χ3n) is 10.9. The smallest absolute Gasteiger partial charge is 0.147 e. The fourth-order valence-electron chi connectivity index (χ4n) is 8.52. The molecule has 0 saturated heterocycles. The molecule has 252 valence electrons. The molecular weight excluding hydrogens is 663 g/mol. The van der Waals surface area contributed by atoms with Gasteiger partial charge in [0.1, 0.15) is 28.2 Å². The molecule has 0 bridgehead atoms. The molecule has 5 nitrogen and oxygen atoms in total. The number of hydrogen-bond acceptors (Lipinski definition) is 3. The van der Waals surface area contributed by atoms with E-state index in [4.69, 9.17) is 13.8 Å². The first-order chi connectivity index (χ1) is 26.8. The standard InChI is InChI=1S/C49H29N3O2/c1-3-13-30(14-4-1)49-50-40-19-9-10-20-41(40)52(49)33-24-26-35-34-25-23-31(27-42(34)51(43(35)28-33)32-15-5-2-6-16-32)38-29-39-36-17-7-11-21-44(36)53-48(39)46-37-18-8-12-22-45(37)54-47(38)46/h1-29H. The molecule has 4 aromatic heterocycles. The normalized spacial score (nSPS) is 12.1. The Balaban J connectivity index is 1.15. The van der Waals surface area contributed by atoms with Crippen molar-refractivity contribution in [3.63, 3.8) is 0 Å². The maximum absolute atomic E-state index is 6.69. The highest BCUT2D eigenvalue weighted by molar-refractivity contribution is 6.25. The van der Waals surface area contributed by atoms with E-state index in [0.29, 0.717) is 0 Å². The van der Waals surface area contributed by atoms with Gasteiger partial charge in [-0.25, -0.2) is 4.98 Å². The number of imidazole rings is 1. The van der Waals surface area contributed by atoms with E-state index in [-0.39, 0.29) is 0 Å². The molecule has 0 amide bonds. The number of para-hydroxylation sites is 5. The topological polar surface area (TPSA) is 49.0 Å². The van der Waals surface area contributed by atoms with Crippen LogP contribution in [0.1, 0.15) is 0 Å². The van der Waals surface area contributed by atoms with Crippen LogP contribution in [-0.2, 0) is 0 Å². The number of rotatable bonds is 4. The zero-order valence-corrected chi connectivity index (χ0v) is 28.9. The monoisotopic (exact) mass is 691 g/mol. The van der Waals surface area contributed by atoms with Crippen LogP contribution in [0.4, 0.5) is 0 Å². The molecule has 0 saturated carbocycles. The average Bonchev–Trinajstić information content (AvgIpc) is 3.99. The highest BCUT2D eigenvalue weighted by atomic mass is 16.3. The second-order valence-electron chi connectivity index (χ2n) is 13.9. The summed E-state index contributed by atoms with van der Waals surface area (Å²) in [6.45, 7) is 0. The molecule has 12 rings (SSSR count). The van der Waals surface area contributed by atoms with Gasteiger partial charge in [-0.1, -0.05) is 115 Å². The van der Waals surface area contributed by atoms with Gasteiger partial charge in [-0.05, 0) is 66.2 Å². The SMILES string of the molecule is c1ccc(-c2nc3ccccc3n2-c2ccc3c4ccc(-c5cc6c7ccccc7oc6c6c5oc5ccccc56)cc4n(-c4ccccc4)c3c2)cc1. The van der Waals surface area contributed by atoms with E-state index in [0.717, 1.165) is 99.8 Å². The molecule has 12 aromatic rings. The Morgan fingerprint density at radius 1 is 0.389 bits per heavy atom. The first-order valence-electron chi connectivity index (χ1n) is 18.2. The van der Waals surface area contributed by atoms with Crippen molar-refractivity contribution in [2.24, 2.45) is 0 Å². The van der Waals surface area contributed by atoms with Gasteiger partial charge in [-0.3, -0.25) is 4.57 Å². The molecule has 0 spiro atoms. The van der Waals surface area contributed by atoms with Crippen molar-refractivity contribution in [3.8, 4) is 33.9 Å². The Bertz CT molecular complexity index is 3440. The largest absolute Gasteiger partial charge is 0.455 e. The summed E-state index contributed by atoms with van der Waals surface area (Å²) < 4.78 is 17.9. The van der Waals surface area contributed by atoms with Gasteiger partial charge in [0.2, 0.25) is 0 Å². The second-order valence-corrected chi connectivity index (χ2v) is 13.9. The highest BCUT2D eigenvalue weighted by Gasteiger charge is 2.22. The van der Waals surface area contributed by atoms with Gasteiger partial charge in [0.15, 0.2) is 0 Å². The summed E-state index contributed by atoms with van der Waals surface area (Å²) >= 11 is 0. The van der Waals surface area contributed by atoms with E-state index in [9.17, 15) is 0 Å². The molecule has 0 unspecified atom stereocenters. The number of benzene rings is 8. The zero-order valence-electron chi connectivity index (χ0n) is 28.9. The molecular formula is C49H29N3O2. The van der Waals surface area contributed by atoms with Gasteiger partial charge in [-0.2, -0.15) is 0 Å². The van der Waals surface area contributed by atoms with E-state index < -0.39 is 0 Å². The third kappa shape index (κ3) is 4.12. The van der Waals surface area contributed by atoms with E-state index in [2.05, 4.69) is 155 Å². The average molecular weight is 692 g/mol. The van der Waals surface area contributed by atoms with Crippen LogP contribution in [0.25, 0.3) is 111 Å². The zero-order chi connectivity index (χ0) is 35.3. The van der Waals surface area contributed by atoms with Crippen molar-refractivity contribution in [1.82, 2.24) is 14.1 Å². The van der Waals surface area contributed by atoms with Gasteiger partial charge in [0.25, 0.3) is 0 Å². The number of furan rings is 2.